The van der Waals surface area contributed by atoms with Gasteiger partial charge in [-0.3, -0.25) is 9.59 Å². The highest BCUT2D eigenvalue weighted by Crippen LogP contribution is 2.27. The fourth-order valence-electron chi connectivity index (χ4n) is 2.38. The van der Waals surface area contributed by atoms with Crippen LogP contribution in [0.5, 0.6) is 0 Å². The number of fused-ring (bicyclic) bond motifs is 1. The number of aliphatic imine (C=N–C) groups is 1. The van der Waals surface area contributed by atoms with Crippen LogP contribution in [0.3, 0.4) is 0 Å². The number of nitrogens with zero attached hydrogens (tertiary/aromatic N) is 3. The maximum absolute atomic E-state index is 12.1. The lowest BCUT2D eigenvalue weighted by molar-refractivity contribution is -0.150. The van der Waals surface area contributed by atoms with Crippen molar-refractivity contribution in [1.29, 1.82) is 0 Å². The highest BCUT2D eigenvalue weighted by atomic mass is 16.3. The van der Waals surface area contributed by atoms with E-state index in [9.17, 15) is 14.7 Å². The number of β-amino-alcohol motifs (C(OH)–C–C–N with tert-alkyl or cyclic N) is 1. The minimum atomic E-state index is -0.929. The average Bonchev–Trinajstić information content (AvgIpc) is 2.77. The first-order valence-corrected chi connectivity index (χ1v) is 5.85. The predicted octanol–water partition coefficient (Wildman–Crippen LogP) is -1.94. The first-order chi connectivity index (χ1) is 8.47. The van der Waals surface area contributed by atoms with Crippen LogP contribution in [0, 0.1) is 5.92 Å². The number of amides is 1. The monoisotopic (exact) mass is 255 g/mol. The van der Waals surface area contributed by atoms with Gasteiger partial charge in [-0.25, -0.2) is 4.99 Å². The molecule has 0 aromatic carbocycles. The van der Waals surface area contributed by atoms with Gasteiger partial charge >= 0.3 is 0 Å². The molecule has 2 heterocycles. The molecule has 1 fully saturated rings. The molecular weight excluding hydrogens is 238 g/mol. The Morgan fingerprint density at radius 2 is 2.17 bits per heavy atom. The van der Waals surface area contributed by atoms with E-state index in [0.717, 1.165) is 0 Å². The van der Waals surface area contributed by atoms with Crippen LogP contribution < -0.4 is 0 Å². The molecule has 4 unspecified atom stereocenters. The smallest absolute Gasteiger partial charge is 0.234 e. The molecule has 0 spiro atoms. The molecule has 7 heteroatoms. The van der Waals surface area contributed by atoms with Gasteiger partial charge in [0.15, 0.2) is 11.9 Å². The fraction of sp³-hybridized carbons (Fsp3) is 0.727. The number of piperidine rings is 1. The lowest BCUT2D eigenvalue weighted by atomic mass is 9.91. The molecule has 0 saturated carbocycles. The van der Waals surface area contributed by atoms with Crippen molar-refractivity contribution in [3.63, 3.8) is 0 Å². The maximum atomic E-state index is 12.1. The molecule has 100 valence electrons. The largest absolute Gasteiger partial charge is 0.394 e. The van der Waals surface area contributed by atoms with Crippen LogP contribution in [-0.4, -0.2) is 76.6 Å². The van der Waals surface area contributed by atoms with E-state index in [1.807, 2.05) is 0 Å². The zero-order chi connectivity index (χ0) is 13.4. The molecule has 0 bridgehead atoms. The van der Waals surface area contributed by atoms with Crippen LogP contribution in [0.15, 0.2) is 4.99 Å². The minimum absolute atomic E-state index is 0.127. The van der Waals surface area contributed by atoms with E-state index in [4.69, 9.17) is 5.11 Å². The molecule has 7 nitrogen and oxygen atoms in total. The number of aliphatic hydroxyl groups is 2. The summed E-state index contributed by atoms with van der Waals surface area (Å²) in [6.45, 7) is 1.33. The zero-order valence-corrected chi connectivity index (χ0v) is 10.4. The van der Waals surface area contributed by atoms with Gasteiger partial charge in [0.1, 0.15) is 6.04 Å². The number of hydrogen-bond acceptors (Lipinski definition) is 6. The molecule has 18 heavy (non-hydrogen) atoms. The van der Waals surface area contributed by atoms with Gasteiger partial charge in [0.2, 0.25) is 5.91 Å². The Labute approximate surface area is 105 Å². The van der Waals surface area contributed by atoms with Gasteiger partial charge in [0.05, 0.1) is 25.0 Å². The third kappa shape index (κ3) is 1.89. The Kier molecular flexibility index (Phi) is 3.36. The van der Waals surface area contributed by atoms with Gasteiger partial charge in [-0.05, 0) is 6.92 Å². The van der Waals surface area contributed by atoms with E-state index in [1.54, 1.807) is 18.9 Å². The van der Waals surface area contributed by atoms with Gasteiger partial charge < -0.3 is 20.0 Å². The summed E-state index contributed by atoms with van der Waals surface area (Å²) in [5.41, 5.74) is 0. The van der Waals surface area contributed by atoms with E-state index in [1.165, 1.54) is 11.2 Å². The number of likely N-dealkylation sites (tertiary alicyclic amines) is 1. The summed E-state index contributed by atoms with van der Waals surface area (Å²) in [5, 5.41) is 18.3. The van der Waals surface area contributed by atoms with Crippen molar-refractivity contribution in [2.75, 3.05) is 20.2 Å². The van der Waals surface area contributed by atoms with Crippen molar-refractivity contribution >= 4 is 18.0 Å². The summed E-state index contributed by atoms with van der Waals surface area (Å²) in [6.07, 6.45) is 0.0156. The minimum Gasteiger partial charge on any atom is -0.394 e. The van der Waals surface area contributed by atoms with Crippen molar-refractivity contribution in [1.82, 2.24) is 9.80 Å². The number of hydrogen-bond donors (Lipinski definition) is 2. The van der Waals surface area contributed by atoms with Crippen molar-refractivity contribution in [2.45, 2.75) is 25.2 Å². The van der Waals surface area contributed by atoms with Crippen LogP contribution in [0.1, 0.15) is 6.92 Å². The SMILES string of the molecule is CC1C(=O)C2C(N=CN2CC(O)CO)N(C)C1=O. The fourth-order valence-corrected chi connectivity index (χ4v) is 2.38. The quantitative estimate of drug-likeness (QED) is 0.572. The van der Waals surface area contributed by atoms with Gasteiger partial charge in [-0.2, -0.15) is 0 Å². The van der Waals surface area contributed by atoms with E-state index in [2.05, 4.69) is 4.99 Å². The summed E-state index contributed by atoms with van der Waals surface area (Å²) in [4.78, 5) is 31.1. The third-order valence-electron chi connectivity index (χ3n) is 3.47. The Morgan fingerprint density at radius 1 is 1.50 bits per heavy atom. The highest BCUT2D eigenvalue weighted by molar-refractivity contribution is 6.07. The van der Waals surface area contributed by atoms with Gasteiger partial charge in [-0.15, -0.1) is 0 Å². The summed E-state index contributed by atoms with van der Waals surface area (Å²) < 4.78 is 0. The summed E-state index contributed by atoms with van der Waals surface area (Å²) in [6, 6.07) is -0.552. The molecule has 2 rings (SSSR count). The van der Waals surface area contributed by atoms with Gasteiger partial charge in [0.25, 0.3) is 0 Å². The Bertz CT molecular complexity index is 398. The Morgan fingerprint density at radius 3 is 2.78 bits per heavy atom. The molecule has 0 radical (unpaired) electrons. The Hall–Kier alpha value is -1.47. The number of ketones is 1. The molecule has 2 aliphatic heterocycles. The van der Waals surface area contributed by atoms with E-state index in [-0.39, 0.29) is 24.8 Å². The standard InChI is InChI=1S/C11H17N3O4/c1-6-9(17)8-10(13(2)11(6)18)12-5-14(8)3-7(16)4-15/h5-8,10,15-16H,3-4H2,1-2H3. The van der Waals surface area contributed by atoms with E-state index < -0.39 is 24.2 Å². The maximum Gasteiger partial charge on any atom is 0.234 e. The van der Waals surface area contributed by atoms with Crippen molar-refractivity contribution in [3.8, 4) is 0 Å². The summed E-state index contributed by atoms with van der Waals surface area (Å²) in [7, 11) is 1.62. The van der Waals surface area contributed by atoms with Crippen LogP contribution in [-0.2, 0) is 9.59 Å². The average molecular weight is 255 g/mol. The molecular formula is C11H17N3O4. The van der Waals surface area contributed by atoms with Gasteiger partial charge in [0, 0.05) is 13.6 Å². The third-order valence-corrected chi connectivity index (χ3v) is 3.47. The molecule has 0 aliphatic carbocycles. The lowest BCUT2D eigenvalue weighted by Gasteiger charge is -2.38. The molecule has 1 saturated heterocycles. The number of likely N-dealkylation sites (N-methyl/N-ethyl adjacent to an activating group) is 1. The van der Waals surface area contributed by atoms with Gasteiger partial charge in [-0.1, -0.05) is 0 Å². The molecule has 4 atom stereocenters. The topological polar surface area (TPSA) is 93.4 Å². The molecule has 0 aromatic rings. The van der Waals surface area contributed by atoms with E-state index in [0.29, 0.717) is 0 Å². The number of carbonyl (C=O) groups is 2. The molecule has 2 aliphatic rings. The lowest BCUT2D eigenvalue weighted by Crippen LogP contribution is -2.60. The number of Topliss-reactive ketones (excluding diaryl/α,β-unsaturated/α-hetero) is 1. The first kappa shape index (κ1) is 13.0. The number of aliphatic hydroxyl groups excluding tert-OH is 2. The second-order valence-electron chi connectivity index (χ2n) is 4.73. The second-order valence-corrected chi connectivity index (χ2v) is 4.73. The van der Waals surface area contributed by atoms with E-state index >= 15 is 0 Å². The molecule has 1 amide bonds. The highest BCUT2D eigenvalue weighted by Gasteiger charge is 2.49. The number of carbonyl (C=O) groups excluding carboxylic acids is 2. The molecule has 2 N–H and O–H groups in total. The van der Waals surface area contributed by atoms with Crippen LogP contribution in [0.2, 0.25) is 0 Å². The van der Waals surface area contributed by atoms with Crippen LogP contribution >= 0.6 is 0 Å². The number of rotatable bonds is 3. The predicted molar refractivity (Wildman–Crippen MR) is 62.8 cm³/mol. The second kappa shape index (κ2) is 4.66. The normalized spacial score (nSPS) is 33.0. The van der Waals surface area contributed by atoms with Crippen LogP contribution in [0.4, 0.5) is 0 Å². The Balaban J connectivity index is 2.19. The van der Waals surface area contributed by atoms with Crippen molar-refractivity contribution < 1.29 is 19.8 Å². The van der Waals surface area contributed by atoms with Crippen molar-refractivity contribution in [2.24, 2.45) is 10.9 Å². The summed E-state index contributed by atoms with van der Waals surface area (Å²) >= 11 is 0. The first-order valence-electron chi connectivity index (χ1n) is 5.85. The van der Waals surface area contributed by atoms with Crippen molar-refractivity contribution in [3.05, 3.63) is 0 Å². The molecule has 0 aromatic heterocycles. The van der Waals surface area contributed by atoms with Crippen LogP contribution in [0.25, 0.3) is 0 Å². The summed E-state index contributed by atoms with van der Waals surface area (Å²) in [5.74, 6) is -1.11. The zero-order valence-electron chi connectivity index (χ0n) is 10.4.